The third-order valence-corrected chi connectivity index (χ3v) is 7.41. The molecule has 2 aliphatic heterocycles. The second-order valence-electron chi connectivity index (χ2n) is 9.75. The van der Waals surface area contributed by atoms with Crippen molar-refractivity contribution in [1.29, 1.82) is 0 Å². The van der Waals surface area contributed by atoms with Crippen molar-refractivity contribution in [1.82, 2.24) is 10.2 Å². The van der Waals surface area contributed by atoms with E-state index in [0.717, 1.165) is 68.2 Å². The molecular weight excluding hydrogens is 412 g/mol. The van der Waals surface area contributed by atoms with Gasteiger partial charge in [0.1, 0.15) is 5.75 Å². The maximum Gasteiger partial charge on any atom is 0.226 e. The molecule has 0 radical (unpaired) electrons. The number of amides is 1. The van der Waals surface area contributed by atoms with E-state index < -0.39 is 5.41 Å². The molecule has 2 aromatic carbocycles. The zero-order valence-corrected chi connectivity index (χ0v) is 20.1. The molecule has 2 saturated heterocycles. The van der Waals surface area contributed by atoms with Crippen LogP contribution in [0.25, 0.3) is 11.1 Å². The molecule has 0 saturated carbocycles. The maximum absolute atomic E-state index is 13.5. The van der Waals surface area contributed by atoms with Gasteiger partial charge in [0.05, 0.1) is 12.5 Å². The van der Waals surface area contributed by atoms with E-state index in [2.05, 4.69) is 47.5 Å². The molecule has 1 amide bonds. The average Bonchev–Trinajstić information content (AvgIpc) is 2.86. The van der Waals surface area contributed by atoms with Gasteiger partial charge in [-0.25, -0.2) is 0 Å². The van der Waals surface area contributed by atoms with Gasteiger partial charge in [-0.1, -0.05) is 49.4 Å². The number of ether oxygens (including phenoxy) is 2. The van der Waals surface area contributed by atoms with Gasteiger partial charge >= 0.3 is 0 Å². The van der Waals surface area contributed by atoms with Gasteiger partial charge < -0.3 is 19.7 Å². The zero-order chi connectivity index (χ0) is 23.1. The van der Waals surface area contributed by atoms with Gasteiger partial charge in [0, 0.05) is 31.9 Å². The van der Waals surface area contributed by atoms with E-state index in [1.54, 1.807) is 7.11 Å². The first-order valence-electron chi connectivity index (χ1n) is 12.4. The number of hydrogen-bond donors (Lipinski definition) is 1. The van der Waals surface area contributed by atoms with Crippen LogP contribution in [0.4, 0.5) is 0 Å². The van der Waals surface area contributed by atoms with E-state index in [-0.39, 0.29) is 5.91 Å². The van der Waals surface area contributed by atoms with Gasteiger partial charge in [0.15, 0.2) is 0 Å². The summed E-state index contributed by atoms with van der Waals surface area (Å²) in [5.74, 6) is 1.87. The van der Waals surface area contributed by atoms with Gasteiger partial charge in [-0.15, -0.1) is 0 Å². The monoisotopic (exact) mass is 450 g/mol. The molecule has 5 nitrogen and oxygen atoms in total. The highest BCUT2D eigenvalue weighted by Gasteiger charge is 2.40. The third kappa shape index (κ3) is 5.96. The lowest BCUT2D eigenvalue weighted by molar-refractivity contribution is -0.136. The molecule has 2 aromatic rings. The fraction of sp³-hybridized carbons (Fsp3) is 0.536. The molecule has 2 fully saturated rings. The number of para-hydroxylation sites is 1. The van der Waals surface area contributed by atoms with Crippen LogP contribution in [-0.2, 0) is 16.0 Å². The van der Waals surface area contributed by atoms with Crippen LogP contribution in [0.1, 0.15) is 38.2 Å². The Morgan fingerprint density at radius 2 is 1.88 bits per heavy atom. The van der Waals surface area contributed by atoms with Gasteiger partial charge in [-0.2, -0.15) is 0 Å². The molecule has 0 aromatic heterocycles. The molecule has 0 bridgehead atoms. The standard InChI is InChI=1S/C28H38N2O3/c1-22-10-15-30(16-11-22)17-14-29-27(31)28(12-18-33-19-13-28)21-23-6-5-7-24(20-23)25-8-3-4-9-26(25)32-2/h3-9,20,22H,10-19,21H2,1-2H3,(H,29,31). The summed E-state index contributed by atoms with van der Waals surface area (Å²) in [6, 6.07) is 16.6. The predicted octanol–water partition coefficient (Wildman–Crippen LogP) is 4.55. The third-order valence-electron chi connectivity index (χ3n) is 7.41. The summed E-state index contributed by atoms with van der Waals surface area (Å²) in [6.45, 7) is 7.56. The van der Waals surface area contributed by atoms with Gasteiger partial charge in [-0.05, 0) is 68.3 Å². The van der Waals surface area contributed by atoms with E-state index in [9.17, 15) is 4.79 Å². The van der Waals surface area contributed by atoms with Crippen molar-refractivity contribution in [2.45, 2.75) is 39.0 Å². The largest absolute Gasteiger partial charge is 0.496 e. The fourth-order valence-electron chi connectivity index (χ4n) is 5.17. The minimum absolute atomic E-state index is 0.180. The molecule has 0 spiro atoms. The number of carbonyl (C=O) groups excluding carboxylic acids is 1. The van der Waals surface area contributed by atoms with Gasteiger partial charge in [-0.3, -0.25) is 4.79 Å². The van der Waals surface area contributed by atoms with Crippen molar-refractivity contribution in [3.8, 4) is 16.9 Å². The lowest BCUT2D eigenvalue weighted by Crippen LogP contribution is -2.48. The zero-order valence-electron chi connectivity index (χ0n) is 20.1. The molecule has 5 heteroatoms. The molecule has 1 N–H and O–H groups in total. The van der Waals surface area contributed by atoms with Crippen molar-refractivity contribution >= 4 is 5.91 Å². The molecule has 0 aliphatic carbocycles. The van der Waals surface area contributed by atoms with Crippen molar-refractivity contribution in [3.63, 3.8) is 0 Å². The van der Waals surface area contributed by atoms with E-state index in [1.807, 2.05) is 18.2 Å². The summed E-state index contributed by atoms with van der Waals surface area (Å²) >= 11 is 0. The molecule has 0 atom stereocenters. The molecule has 178 valence electrons. The number of benzene rings is 2. The van der Waals surface area contributed by atoms with Crippen LogP contribution >= 0.6 is 0 Å². The van der Waals surface area contributed by atoms with Crippen molar-refractivity contribution in [2.75, 3.05) is 46.5 Å². The van der Waals surface area contributed by atoms with E-state index in [4.69, 9.17) is 9.47 Å². The van der Waals surface area contributed by atoms with Crippen LogP contribution in [0.2, 0.25) is 0 Å². The Morgan fingerprint density at radius 3 is 2.64 bits per heavy atom. The summed E-state index contributed by atoms with van der Waals surface area (Å²) in [6.07, 6.45) is 4.78. The summed E-state index contributed by atoms with van der Waals surface area (Å²) in [4.78, 5) is 15.9. The first-order chi connectivity index (χ1) is 16.1. The Labute approximate surface area is 198 Å². The predicted molar refractivity (Wildman–Crippen MR) is 132 cm³/mol. The van der Waals surface area contributed by atoms with Crippen molar-refractivity contribution < 1.29 is 14.3 Å². The lowest BCUT2D eigenvalue weighted by Gasteiger charge is -2.36. The van der Waals surface area contributed by atoms with E-state index in [0.29, 0.717) is 13.2 Å². The number of carbonyl (C=O) groups is 1. The van der Waals surface area contributed by atoms with Crippen LogP contribution in [0.15, 0.2) is 48.5 Å². The molecule has 4 rings (SSSR count). The number of methoxy groups -OCH3 is 1. The van der Waals surface area contributed by atoms with Gasteiger partial charge in [0.25, 0.3) is 0 Å². The Balaban J connectivity index is 1.44. The van der Waals surface area contributed by atoms with E-state index >= 15 is 0 Å². The molecular formula is C28H38N2O3. The first kappa shape index (κ1) is 23.8. The van der Waals surface area contributed by atoms with Gasteiger partial charge in [0.2, 0.25) is 5.91 Å². The first-order valence-corrected chi connectivity index (χ1v) is 12.4. The van der Waals surface area contributed by atoms with Crippen LogP contribution in [0, 0.1) is 11.3 Å². The number of likely N-dealkylation sites (tertiary alicyclic amines) is 1. The SMILES string of the molecule is COc1ccccc1-c1cccc(CC2(C(=O)NCCN3CCC(C)CC3)CCOCC2)c1. The summed E-state index contributed by atoms with van der Waals surface area (Å²) in [7, 11) is 1.70. The minimum Gasteiger partial charge on any atom is -0.496 e. The topological polar surface area (TPSA) is 50.8 Å². The second-order valence-corrected chi connectivity index (χ2v) is 9.75. The number of nitrogens with zero attached hydrogens (tertiary/aromatic N) is 1. The minimum atomic E-state index is -0.409. The van der Waals surface area contributed by atoms with Crippen LogP contribution < -0.4 is 10.1 Å². The molecule has 2 heterocycles. The smallest absolute Gasteiger partial charge is 0.226 e. The average molecular weight is 451 g/mol. The highest BCUT2D eigenvalue weighted by molar-refractivity contribution is 5.83. The number of nitrogens with one attached hydrogen (secondary N) is 1. The quantitative estimate of drug-likeness (QED) is 0.641. The lowest BCUT2D eigenvalue weighted by atomic mass is 9.74. The van der Waals surface area contributed by atoms with Crippen LogP contribution in [0.5, 0.6) is 5.75 Å². The Hall–Kier alpha value is -2.37. The highest BCUT2D eigenvalue weighted by Crippen LogP contribution is 2.36. The fourth-order valence-corrected chi connectivity index (χ4v) is 5.17. The van der Waals surface area contributed by atoms with Crippen molar-refractivity contribution in [2.24, 2.45) is 11.3 Å². The summed E-state index contributed by atoms with van der Waals surface area (Å²) in [5, 5.41) is 3.28. The number of hydrogen-bond acceptors (Lipinski definition) is 4. The van der Waals surface area contributed by atoms with E-state index in [1.165, 1.54) is 18.4 Å². The highest BCUT2D eigenvalue weighted by atomic mass is 16.5. The summed E-state index contributed by atoms with van der Waals surface area (Å²) < 4.78 is 11.2. The van der Waals surface area contributed by atoms with Crippen molar-refractivity contribution in [3.05, 3.63) is 54.1 Å². The van der Waals surface area contributed by atoms with Crippen LogP contribution in [0.3, 0.4) is 0 Å². The maximum atomic E-state index is 13.5. The second kappa shape index (κ2) is 11.2. The number of rotatable bonds is 8. The van der Waals surface area contributed by atoms with Crippen LogP contribution in [-0.4, -0.2) is 57.3 Å². The molecule has 0 unspecified atom stereocenters. The molecule has 33 heavy (non-hydrogen) atoms. The molecule has 2 aliphatic rings. The normalized spacial score (nSPS) is 19.2. The summed E-state index contributed by atoms with van der Waals surface area (Å²) in [5.41, 5.74) is 2.96. The Bertz CT molecular complexity index is 915. The number of piperidine rings is 1. The Morgan fingerprint density at radius 1 is 1.12 bits per heavy atom. The Kier molecular flexibility index (Phi) is 8.05.